The molecule has 2 aromatic rings. The highest BCUT2D eigenvalue weighted by atomic mass is 16.5. The van der Waals surface area contributed by atoms with Crippen molar-refractivity contribution in [1.82, 2.24) is 0 Å². The van der Waals surface area contributed by atoms with Gasteiger partial charge in [-0.15, -0.1) is 0 Å². The molecular formula is C16H20O3. The Labute approximate surface area is 113 Å². The van der Waals surface area contributed by atoms with Gasteiger partial charge in [0.2, 0.25) is 0 Å². The fraction of sp³-hybridized carbons (Fsp3) is 0.500. The highest BCUT2D eigenvalue weighted by Gasteiger charge is 2.28. The summed E-state index contributed by atoms with van der Waals surface area (Å²) in [6, 6.07) is 2.14. The highest BCUT2D eigenvalue weighted by Crippen LogP contribution is 2.39. The van der Waals surface area contributed by atoms with E-state index in [0.29, 0.717) is 6.61 Å². The maximum atomic E-state index is 10.1. The summed E-state index contributed by atoms with van der Waals surface area (Å²) in [5.41, 5.74) is 5.88. The van der Waals surface area contributed by atoms with Gasteiger partial charge in [0.05, 0.1) is 19.0 Å². The van der Waals surface area contributed by atoms with Crippen molar-refractivity contribution in [2.75, 3.05) is 7.11 Å². The molecule has 1 N–H and O–H groups in total. The number of hydrogen-bond donors (Lipinski definition) is 1. The zero-order valence-electron chi connectivity index (χ0n) is 11.7. The molecule has 0 spiro atoms. The van der Waals surface area contributed by atoms with Gasteiger partial charge < -0.3 is 14.3 Å². The summed E-state index contributed by atoms with van der Waals surface area (Å²) in [5.74, 6) is 0.193. The van der Waals surface area contributed by atoms with Crippen LogP contribution in [0, 0.1) is 6.92 Å². The minimum Gasteiger partial charge on any atom is -0.464 e. The lowest BCUT2D eigenvalue weighted by Crippen LogP contribution is -2.24. The molecule has 1 heterocycles. The lowest BCUT2D eigenvalue weighted by molar-refractivity contribution is 0.132. The van der Waals surface area contributed by atoms with E-state index >= 15 is 0 Å². The van der Waals surface area contributed by atoms with Gasteiger partial charge >= 0.3 is 0 Å². The van der Waals surface area contributed by atoms with Crippen LogP contribution in [0.15, 0.2) is 16.7 Å². The molecule has 3 heteroatoms. The first kappa shape index (κ1) is 12.7. The fourth-order valence-electron chi connectivity index (χ4n) is 3.40. The predicted molar refractivity (Wildman–Crippen MR) is 74.4 cm³/mol. The summed E-state index contributed by atoms with van der Waals surface area (Å²) in [5, 5.41) is 11.3. The van der Waals surface area contributed by atoms with Gasteiger partial charge in [-0.1, -0.05) is 6.92 Å². The third-order valence-electron chi connectivity index (χ3n) is 4.37. The van der Waals surface area contributed by atoms with Gasteiger partial charge in [0.1, 0.15) is 5.58 Å². The van der Waals surface area contributed by atoms with Crippen molar-refractivity contribution in [2.45, 2.75) is 45.3 Å². The van der Waals surface area contributed by atoms with Crippen molar-refractivity contribution in [3.8, 4) is 0 Å². The first-order chi connectivity index (χ1) is 9.13. The minimum absolute atomic E-state index is 0.193. The summed E-state index contributed by atoms with van der Waals surface area (Å²) in [4.78, 5) is 0. The number of hydrogen-bond acceptors (Lipinski definition) is 3. The number of furan rings is 1. The number of aliphatic hydroxyl groups is 1. The SMILES string of the molecule is COCc1coc2cc3c(c(C)c12)[C@@H](C)[C@H](O)CC3. The monoisotopic (exact) mass is 260 g/mol. The van der Waals surface area contributed by atoms with Crippen LogP contribution in [0.5, 0.6) is 0 Å². The maximum Gasteiger partial charge on any atom is 0.134 e. The van der Waals surface area contributed by atoms with Crippen molar-refractivity contribution in [3.63, 3.8) is 0 Å². The van der Waals surface area contributed by atoms with Crippen molar-refractivity contribution >= 4 is 11.0 Å². The second kappa shape index (κ2) is 4.66. The Morgan fingerprint density at radius 1 is 1.47 bits per heavy atom. The van der Waals surface area contributed by atoms with Gasteiger partial charge in [-0.05, 0) is 42.5 Å². The van der Waals surface area contributed by atoms with Crippen LogP contribution in [-0.4, -0.2) is 18.3 Å². The number of rotatable bonds is 2. The molecule has 2 atom stereocenters. The van der Waals surface area contributed by atoms with E-state index in [0.717, 1.165) is 29.4 Å². The third kappa shape index (κ3) is 1.88. The lowest BCUT2D eigenvalue weighted by Gasteiger charge is -2.29. The summed E-state index contributed by atoms with van der Waals surface area (Å²) in [6.45, 7) is 4.80. The average molecular weight is 260 g/mol. The van der Waals surface area contributed by atoms with Crippen molar-refractivity contribution in [1.29, 1.82) is 0 Å². The van der Waals surface area contributed by atoms with Crippen LogP contribution in [0.2, 0.25) is 0 Å². The molecule has 0 aliphatic heterocycles. The van der Waals surface area contributed by atoms with E-state index in [4.69, 9.17) is 9.15 Å². The minimum atomic E-state index is -0.235. The van der Waals surface area contributed by atoms with E-state index in [1.54, 1.807) is 13.4 Å². The summed E-state index contributed by atoms with van der Waals surface area (Å²) < 4.78 is 10.9. The molecule has 0 bridgehead atoms. The second-order valence-corrected chi connectivity index (χ2v) is 5.54. The zero-order valence-corrected chi connectivity index (χ0v) is 11.7. The average Bonchev–Trinajstić information content (AvgIpc) is 2.78. The van der Waals surface area contributed by atoms with Crippen molar-refractivity contribution in [3.05, 3.63) is 34.6 Å². The molecule has 1 aromatic heterocycles. The smallest absolute Gasteiger partial charge is 0.134 e. The normalized spacial score (nSPS) is 22.7. The van der Waals surface area contributed by atoms with E-state index in [2.05, 4.69) is 19.9 Å². The predicted octanol–water partition coefficient (Wildman–Crippen LogP) is 3.30. The maximum absolute atomic E-state index is 10.1. The Kier molecular flexibility index (Phi) is 3.11. The number of ether oxygens (including phenoxy) is 1. The van der Waals surface area contributed by atoms with Crippen LogP contribution in [0.1, 0.15) is 41.5 Å². The van der Waals surface area contributed by atoms with Crippen LogP contribution in [0.25, 0.3) is 11.0 Å². The van der Waals surface area contributed by atoms with Gasteiger partial charge in [-0.3, -0.25) is 0 Å². The number of aliphatic hydroxyl groups excluding tert-OH is 1. The Morgan fingerprint density at radius 2 is 2.26 bits per heavy atom. The van der Waals surface area contributed by atoms with Gasteiger partial charge in [-0.2, -0.15) is 0 Å². The molecule has 0 unspecified atom stereocenters. The van der Waals surface area contributed by atoms with E-state index < -0.39 is 0 Å². The Bertz CT molecular complexity index is 612. The summed E-state index contributed by atoms with van der Waals surface area (Å²) >= 11 is 0. The molecule has 0 fully saturated rings. The Balaban J connectivity index is 2.24. The first-order valence-electron chi connectivity index (χ1n) is 6.83. The van der Waals surface area contributed by atoms with E-state index in [1.807, 2.05) is 0 Å². The molecule has 3 rings (SSSR count). The molecule has 102 valence electrons. The first-order valence-corrected chi connectivity index (χ1v) is 6.83. The molecule has 19 heavy (non-hydrogen) atoms. The van der Waals surface area contributed by atoms with Crippen LogP contribution in [-0.2, 0) is 17.8 Å². The number of fused-ring (bicyclic) bond motifs is 2. The number of methoxy groups -OCH3 is 1. The Hall–Kier alpha value is -1.32. The van der Waals surface area contributed by atoms with Crippen LogP contribution >= 0.6 is 0 Å². The van der Waals surface area contributed by atoms with Gasteiger partial charge in [0, 0.05) is 24.0 Å². The van der Waals surface area contributed by atoms with E-state index in [-0.39, 0.29) is 12.0 Å². The topological polar surface area (TPSA) is 42.6 Å². The zero-order chi connectivity index (χ0) is 13.6. The van der Waals surface area contributed by atoms with Crippen LogP contribution in [0.3, 0.4) is 0 Å². The largest absolute Gasteiger partial charge is 0.464 e. The second-order valence-electron chi connectivity index (χ2n) is 5.54. The fourth-order valence-corrected chi connectivity index (χ4v) is 3.40. The van der Waals surface area contributed by atoms with Gasteiger partial charge in [0.15, 0.2) is 0 Å². The Morgan fingerprint density at radius 3 is 3.00 bits per heavy atom. The molecule has 1 aliphatic rings. The molecule has 0 saturated heterocycles. The number of aryl methyl sites for hydroxylation is 2. The molecule has 0 amide bonds. The quantitative estimate of drug-likeness (QED) is 0.901. The van der Waals surface area contributed by atoms with Crippen molar-refractivity contribution in [2.24, 2.45) is 0 Å². The molecule has 0 saturated carbocycles. The van der Waals surface area contributed by atoms with Gasteiger partial charge in [-0.25, -0.2) is 0 Å². The summed E-state index contributed by atoms with van der Waals surface area (Å²) in [6.07, 6.45) is 3.32. The van der Waals surface area contributed by atoms with E-state index in [9.17, 15) is 5.11 Å². The standard InChI is InChI=1S/C16H20O3/c1-9-13(17)5-4-11-6-14-16(10(2)15(9)11)12(7-18-3)8-19-14/h6,8-9,13,17H,4-5,7H2,1-3H3/t9-,13+/m0/s1. The van der Waals surface area contributed by atoms with Crippen LogP contribution in [0.4, 0.5) is 0 Å². The molecule has 1 aromatic carbocycles. The van der Waals surface area contributed by atoms with Gasteiger partial charge in [0.25, 0.3) is 0 Å². The number of benzene rings is 1. The van der Waals surface area contributed by atoms with Crippen LogP contribution < -0.4 is 0 Å². The molecule has 3 nitrogen and oxygen atoms in total. The molecule has 0 radical (unpaired) electrons. The third-order valence-corrected chi connectivity index (χ3v) is 4.37. The molecule has 1 aliphatic carbocycles. The lowest BCUT2D eigenvalue weighted by atomic mass is 9.78. The highest BCUT2D eigenvalue weighted by molar-refractivity contribution is 5.87. The summed E-state index contributed by atoms with van der Waals surface area (Å²) in [7, 11) is 1.69. The van der Waals surface area contributed by atoms with E-state index in [1.165, 1.54) is 16.7 Å². The van der Waals surface area contributed by atoms with Crippen molar-refractivity contribution < 1.29 is 14.3 Å². The molecular weight excluding hydrogens is 240 g/mol.